The summed E-state index contributed by atoms with van der Waals surface area (Å²) in [6, 6.07) is 9.06. The summed E-state index contributed by atoms with van der Waals surface area (Å²) >= 11 is 0. The predicted molar refractivity (Wildman–Crippen MR) is 110 cm³/mol. The first-order valence-electron chi connectivity index (χ1n) is 9.91. The fraction of sp³-hybridized carbons (Fsp3) is 0.409. The minimum absolute atomic E-state index is 0.0742. The smallest absolute Gasteiger partial charge is 0.338 e. The number of hydrogen-bond donors (Lipinski definition) is 1. The molecule has 2 aliphatic heterocycles. The van der Waals surface area contributed by atoms with Gasteiger partial charge in [-0.05, 0) is 32.5 Å². The summed E-state index contributed by atoms with van der Waals surface area (Å²) in [4.78, 5) is 30.0. The molecule has 2 heterocycles. The fourth-order valence-electron chi connectivity index (χ4n) is 3.79. The number of benzene rings is 1. The van der Waals surface area contributed by atoms with E-state index in [1.807, 2.05) is 7.05 Å². The van der Waals surface area contributed by atoms with Crippen LogP contribution in [0.2, 0.25) is 0 Å². The molecule has 1 amide bonds. The Morgan fingerprint density at radius 1 is 1.27 bits per heavy atom. The van der Waals surface area contributed by atoms with Gasteiger partial charge in [-0.2, -0.15) is 5.26 Å². The van der Waals surface area contributed by atoms with E-state index in [1.165, 1.54) is 0 Å². The zero-order chi connectivity index (χ0) is 21.8. The maximum atomic E-state index is 13.3. The van der Waals surface area contributed by atoms with Crippen LogP contribution in [0, 0.1) is 11.3 Å². The van der Waals surface area contributed by atoms with Crippen molar-refractivity contribution in [3.63, 3.8) is 0 Å². The number of hydrogen-bond acceptors (Lipinski definition) is 7. The second kappa shape index (κ2) is 9.01. The van der Waals surface area contributed by atoms with Crippen LogP contribution in [0.1, 0.15) is 35.7 Å². The van der Waals surface area contributed by atoms with E-state index in [-0.39, 0.29) is 35.3 Å². The number of nitrogens with two attached hydrogens (primary N) is 1. The van der Waals surface area contributed by atoms with Crippen molar-refractivity contribution in [2.24, 2.45) is 5.73 Å². The molecule has 1 fully saturated rings. The van der Waals surface area contributed by atoms with Crippen molar-refractivity contribution < 1.29 is 19.1 Å². The van der Waals surface area contributed by atoms with Crippen LogP contribution in [0.3, 0.4) is 0 Å². The molecule has 158 valence electrons. The zero-order valence-corrected chi connectivity index (χ0v) is 17.5. The summed E-state index contributed by atoms with van der Waals surface area (Å²) in [5.41, 5.74) is 7.21. The minimum atomic E-state index is -0.838. The van der Waals surface area contributed by atoms with E-state index in [2.05, 4.69) is 11.0 Å². The molecule has 0 bridgehead atoms. The average Bonchev–Trinajstić information content (AvgIpc) is 2.73. The Bertz CT molecular complexity index is 952. The molecule has 8 nitrogen and oxygen atoms in total. The molecule has 1 atom stereocenters. The summed E-state index contributed by atoms with van der Waals surface area (Å²) in [6.07, 6.45) is 0. The molecule has 3 rings (SSSR count). The molecule has 0 radical (unpaired) electrons. The highest BCUT2D eigenvalue weighted by Gasteiger charge is 2.38. The molecule has 8 heteroatoms. The van der Waals surface area contributed by atoms with E-state index < -0.39 is 11.9 Å². The summed E-state index contributed by atoms with van der Waals surface area (Å²) in [5, 5.41) is 9.77. The number of nitrogens with zero attached hydrogens (tertiary/aromatic N) is 3. The van der Waals surface area contributed by atoms with E-state index >= 15 is 0 Å². The van der Waals surface area contributed by atoms with Gasteiger partial charge in [-0.3, -0.25) is 4.79 Å². The van der Waals surface area contributed by atoms with Gasteiger partial charge in [-0.25, -0.2) is 4.79 Å². The van der Waals surface area contributed by atoms with Crippen LogP contribution in [0.5, 0.6) is 0 Å². The molecule has 2 aliphatic rings. The van der Waals surface area contributed by atoms with Gasteiger partial charge in [-0.15, -0.1) is 0 Å². The second-order valence-electron chi connectivity index (χ2n) is 7.30. The number of piperazine rings is 1. The van der Waals surface area contributed by atoms with E-state index in [4.69, 9.17) is 15.2 Å². The first-order valence-corrected chi connectivity index (χ1v) is 9.91. The van der Waals surface area contributed by atoms with Crippen LogP contribution in [-0.2, 0) is 14.3 Å². The molecule has 2 N–H and O–H groups in total. The number of rotatable bonds is 4. The molecule has 0 spiro atoms. The van der Waals surface area contributed by atoms with E-state index in [0.717, 1.165) is 13.1 Å². The molecule has 0 saturated carbocycles. The van der Waals surface area contributed by atoms with Gasteiger partial charge in [-0.1, -0.05) is 18.2 Å². The van der Waals surface area contributed by atoms with Crippen molar-refractivity contribution in [3.8, 4) is 6.07 Å². The number of amides is 1. The average molecular weight is 410 g/mol. The maximum Gasteiger partial charge on any atom is 0.338 e. The number of ether oxygens (including phenoxy) is 2. The number of esters is 1. The topological polar surface area (TPSA) is 109 Å². The molecule has 1 saturated heterocycles. The van der Waals surface area contributed by atoms with Crippen LogP contribution in [-0.4, -0.2) is 61.5 Å². The van der Waals surface area contributed by atoms with Gasteiger partial charge in [0.2, 0.25) is 5.88 Å². The number of allylic oxidation sites excluding steroid dienone is 2. The number of nitriles is 1. The van der Waals surface area contributed by atoms with Gasteiger partial charge in [0.05, 0.1) is 18.1 Å². The summed E-state index contributed by atoms with van der Waals surface area (Å²) < 4.78 is 10.7. The highest BCUT2D eigenvalue weighted by Crippen LogP contribution is 2.41. The third kappa shape index (κ3) is 4.02. The highest BCUT2D eigenvalue weighted by molar-refractivity contribution is 5.98. The quantitative estimate of drug-likeness (QED) is 0.753. The van der Waals surface area contributed by atoms with Gasteiger partial charge in [0.25, 0.3) is 5.91 Å². The molecular weight excluding hydrogens is 384 g/mol. The molecule has 0 aliphatic carbocycles. The van der Waals surface area contributed by atoms with Crippen LogP contribution < -0.4 is 5.73 Å². The standard InChI is InChI=1S/C22H26N4O4/c1-4-29-22(28)18-14(2)30-20(24)17(13-23)19(18)15-7-5-6-8-16(15)21(27)26-11-9-25(3)10-12-26/h5-8,19H,4,9-12,24H2,1-3H3. The first kappa shape index (κ1) is 21.4. The van der Waals surface area contributed by atoms with Crippen molar-refractivity contribution in [3.05, 3.63) is 58.2 Å². The Balaban J connectivity index is 2.10. The third-order valence-electron chi connectivity index (χ3n) is 5.39. The van der Waals surface area contributed by atoms with Gasteiger partial charge >= 0.3 is 5.97 Å². The summed E-state index contributed by atoms with van der Waals surface area (Å²) in [6.45, 7) is 6.27. The lowest BCUT2D eigenvalue weighted by Gasteiger charge is -2.34. The van der Waals surface area contributed by atoms with Crippen LogP contribution in [0.25, 0.3) is 0 Å². The predicted octanol–water partition coefficient (Wildman–Crippen LogP) is 1.72. The molecule has 30 heavy (non-hydrogen) atoms. The molecule has 1 aromatic rings. The summed E-state index contributed by atoms with van der Waals surface area (Å²) in [5.74, 6) is -1.38. The first-order chi connectivity index (χ1) is 14.4. The van der Waals surface area contributed by atoms with Crippen molar-refractivity contribution in [2.75, 3.05) is 39.8 Å². The monoisotopic (exact) mass is 410 g/mol. The SMILES string of the molecule is CCOC(=O)C1=C(C)OC(N)=C(C#N)C1c1ccccc1C(=O)N1CCN(C)CC1. The van der Waals surface area contributed by atoms with Gasteiger partial charge in [0.1, 0.15) is 17.4 Å². The normalized spacial score (nSPS) is 19.9. The Morgan fingerprint density at radius 3 is 2.57 bits per heavy atom. The van der Waals surface area contributed by atoms with Crippen LogP contribution in [0.4, 0.5) is 0 Å². The lowest BCUT2D eigenvalue weighted by molar-refractivity contribution is -0.139. The molecular formula is C22H26N4O4. The maximum absolute atomic E-state index is 13.3. The highest BCUT2D eigenvalue weighted by atomic mass is 16.5. The Labute approximate surface area is 176 Å². The van der Waals surface area contributed by atoms with Crippen molar-refractivity contribution >= 4 is 11.9 Å². The lowest BCUT2D eigenvalue weighted by atomic mass is 9.80. The summed E-state index contributed by atoms with van der Waals surface area (Å²) in [7, 11) is 2.02. The minimum Gasteiger partial charge on any atom is -0.463 e. The van der Waals surface area contributed by atoms with E-state index in [9.17, 15) is 14.9 Å². The Kier molecular flexibility index (Phi) is 6.43. The Hall–Kier alpha value is -3.31. The van der Waals surface area contributed by atoms with Gasteiger partial charge in [0, 0.05) is 31.7 Å². The number of likely N-dealkylation sites (N-methyl/N-ethyl adjacent to an activating group) is 1. The third-order valence-corrected chi connectivity index (χ3v) is 5.39. The zero-order valence-electron chi connectivity index (χ0n) is 17.5. The van der Waals surface area contributed by atoms with Crippen LogP contribution in [0.15, 0.2) is 47.1 Å². The lowest BCUT2D eigenvalue weighted by Crippen LogP contribution is -2.47. The molecule has 0 aromatic heterocycles. The molecule has 1 aromatic carbocycles. The van der Waals surface area contributed by atoms with Crippen molar-refractivity contribution in [2.45, 2.75) is 19.8 Å². The van der Waals surface area contributed by atoms with Crippen LogP contribution >= 0.6 is 0 Å². The van der Waals surface area contributed by atoms with Gasteiger partial charge in [0.15, 0.2) is 0 Å². The van der Waals surface area contributed by atoms with E-state index in [0.29, 0.717) is 24.2 Å². The molecule has 1 unspecified atom stereocenters. The Morgan fingerprint density at radius 2 is 1.93 bits per heavy atom. The largest absolute Gasteiger partial charge is 0.463 e. The van der Waals surface area contributed by atoms with E-state index in [1.54, 1.807) is 43.0 Å². The van der Waals surface area contributed by atoms with Gasteiger partial charge < -0.3 is 25.0 Å². The fourth-order valence-corrected chi connectivity index (χ4v) is 3.79. The second-order valence-corrected chi connectivity index (χ2v) is 7.30. The number of carbonyl (C=O) groups excluding carboxylic acids is 2. The number of carbonyl (C=O) groups is 2. The van der Waals surface area contributed by atoms with Crippen molar-refractivity contribution in [1.82, 2.24) is 9.80 Å². The van der Waals surface area contributed by atoms with Crippen molar-refractivity contribution in [1.29, 1.82) is 5.26 Å².